The third-order valence-electron chi connectivity index (χ3n) is 2.59. The van der Waals surface area contributed by atoms with E-state index in [4.69, 9.17) is 0 Å². The first-order chi connectivity index (χ1) is 6.93. The zero-order chi connectivity index (χ0) is 11.6. The van der Waals surface area contributed by atoms with Crippen molar-refractivity contribution in [2.45, 2.75) is 32.9 Å². The zero-order valence-corrected chi connectivity index (χ0v) is 9.66. The quantitative estimate of drug-likeness (QED) is 0.831. The lowest BCUT2D eigenvalue weighted by Crippen LogP contribution is -2.27. The van der Waals surface area contributed by atoms with E-state index in [-0.39, 0.29) is 5.82 Å². The molecule has 0 saturated carbocycles. The van der Waals surface area contributed by atoms with Crippen LogP contribution in [0.3, 0.4) is 0 Å². The minimum absolute atomic E-state index is 0.313. The van der Waals surface area contributed by atoms with Crippen LogP contribution in [0.1, 0.15) is 32.4 Å². The molecule has 1 rings (SSSR count). The second-order valence-electron chi connectivity index (χ2n) is 4.08. The average molecular weight is 211 g/mol. The average Bonchev–Trinajstić information content (AvgIpc) is 2.16. The number of aliphatic hydroxyl groups is 1. The van der Waals surface area contributed by atoms with Gasteiger partial charge < -0.3 is 10.0 Å². The SMILES string of the molecule is CC(C)N(C)c1ccc(F)cc1[C@@H](C)O. The first-order valence-corrected chi connectivity index (χ1v) is 5.13. The molecule has 3 heteroatoms. The number of benzene rings is 1. The molecule has 0 spiro atoms. The van der Waals surface area contributed by atoms with E-state index >= 15 is 0 Å². The van der Waals surface area contributed by atoms with E-state index in [1.165, 1.54) is 12.1 Å². The van der Waals surface area contributed by atoms with Gasteiger partial charge in [0.25, 0.3) is 0 Å². The van der Waals surface area contributed by atoms with Crippen molar-refractivity contribution in [1.29, 1.82) is 0 Å². The molecule has 0 unspecified atom stereocenters. The predicted molar refractivity (Wildman–Crippen MR) is 60.6 cm³/mol. The van der Waals surface area contributed by atoms with Gasteiger partial charge in [-0.1, -0.05) is 0 Å². The Labute approximate surface area is 90.3 Å². The van der Waals surface area contributed by atoms with Crippen molar-refractivity contribution in [1.82, 2.24) is 0 Å². The fraction of sp³-hybridized carbons (Fsp3) is 0.500. The molecule has 84 valence electrons. The predicted octanol–water partition coefficient (Wildman–Crippen LogP) is 2.72. The molecular formula is C12H18FNO. The molecule has 1 aromatic carbocycles. The summed E-state index contributed by atoms with van der Waals surface area (Å²) in [6.07, 6.45) is -0.656. The molecule has 0 radical (unpaired) electrons. The maximum absolute atomic E-state index is 13.0. The second-order valence-corrected chi connectivity index (χ2v) is 4.08. The number of nitrogens with zero attached hydrogens (tertiary/aromatic N) is 1. The Hall–Kier alpha value is -1.09. The standard InChI is InChI=1S/C12H18FNO/c1-8(2)14(4)12-6-5-10(13)7-11(12)9(3)15/h5-9,15H,1-4H3/t9-/m1/s1. The van der Waals surface area contributed by atoms with E-state index < -0.39 is 6.10 Å². The largest absolute Gasteiger partial charge is 0.389 e. The number of hydrogen-bond acceptors (Lipinski definition) is 2. The molecule has 0 heterocycles. The van der Waals surface area contributed by atoms with Crippen LogP contribution in [0.5, 0.6) is 0 Å². The van der Waals surface area contributed by atoms with E-state index in [1.54, 1.807) is 13.0 Å². The van der Waals surface area contributed by atoms with E-state index in [0.29, 0.717) is 11.6 Å². The molecule has 0 aliphatic rings. The number of halogens is 1. The Balaban J connectivity index is 3.16. The van der Waals surface area contributed by atoms with Gasteiger partial charge in [0.05, 0.1) is 6.10 Å². The smallest absolute Gasteiger partial charge is 0.123 e. The molecule has 15 heavy (non-hydrogen) atoms. The second kappa shape index (κ2) is 4.62. The van der Waals surface area contributed by atoms with Crippen LogP contribution in [-0.2, 0) is 0 Å². The van der Waals surface area contributed by atoms with Crippen LogP contribution in [-0.4, -0.2) is 18.2 Å². The van der Waals surface area contributed by atoms with Crippen molar-refractivity contribution in [3.8, 4) is 0 Å². The maximum Gasteiger partial charge on any atom is 0.123 e. The normalized spacial score (nSPS) is 13.0. The summed E-state index contributed by atoms with van der Waals surface area (Å²) in [5.74, 6) is -0.313. The Bertz CT molecular complexity index is 336. The first-order valence-electron chi connectivity index (χ1n) is 5.13. The highest BCUT2D eigenvalue weighted by atomic mass is 19.1. The van der Waals surface area contributed by atoms with Gasteiger partial charge in [0.15, 0.2) is 0 Å². The van der Waals surface area contributed by atoms with Gasteiger partial charge in [-0.25, -0.2) is 4.39 Å². The van der Waals surface area contributed by atoms with Crippen molar-refractivity contribution >= 4 is 5.69 Å². The van der Waals surface area contributed by atoms with Crippen molar-refractivity contribution in [3.63, 3.8) is 0 Å². The summed E-state index contributed by atoms with van der Waals surface area (Å²) in [5, 5.41) is 9.57. The Morgan fingerprint density at radius 3 is 2.33 bits per heavy atom. The van der Waals surface area contributed by atoms with E-state index in [2.05, 4.69) is 13.8 Å². The molecule has 2 nitrogen and oxygen atoms in total. The van der Waals surface area contributed by atoms with Gasteiger partial charge in [-0.05, 0) is 39.0 Å². The summed E-state index contributed by atoms with van der Waals surface area (Å²) in [6, 6.07) is 4.82. The van der Waals surface area contributed by atoms with Crippen LogP contribution in [0.2, 0.25) is 0 Å². The summed E-state index contributed by atoms with van der Waals surface area (Å²) in [7, 11) is 1.93. The Morgan fingerprint density at radius 1 is 1.27 bits per heavy atom. The molecule has 1 atom stereocenters. The highest BCUT2D eigenvalue weighted by Gasteiger charge is 2.14. The summed E-state index contributed by atoms with van der Waals surface area (Å²) in [4.78, 5) is 2.02. The molecule has 1 aromatic rings. The first kappa shape index (κ1) is 12.0. The molecule has 0 bridgehead atoms. The van der Waals surface area contributed by atoms with Gasteiger partial charge in [0.2, 0.25) is 0 Å². The molecule has 0 fully saturated rings. The summed E-state index contributed by atoms with van der Waals surface area (Å²) in [6.45, 7) is 5.75. The Kier molecular flexibility index (Phi) is 3.69. The fourth-order valence-electron chi connectivity index (χ4n) is 1.46. The van der Waals surface area contributed by atoms with E-state index in [9.17, 15) is 9.50 Å². The topological polar surface area (TPSA) is 23.5 Å². The third-order valence-corrected chi connectivity index (χ3v) is 2.59. The summed E-state index contributed by atoms with van der Waals surface area (Å²) in [5.41, 5.74) is 1.51. The molecule has 0 aromatic heterocycles. The lowest BCUT2D eigenvalue weighted by molar-refractivity contribution is 0.199. The third kappa shape index (κ3) is 2.69. The van der Waals surface area contributed by atoms with Gasteiger partial charge in [-0.2, -0.15) is 0 Å². The maximum atomic E-state index is 13.0. The van der Waals surface area contributed by atoms with Crippen LogP contribution in [0.15, 0.2) is 18.2 Å². The van der Waals surface area contributed by atoms with Crippen molar-refractivity contribution < 1.29 is 9.50 Å². The lowest BCUT2D eigenvalue weighted by atomic mass is 10.1. The number of aliphatic hydroxyl groups excluding tert-OH is 1. The molecule has 0 aliphatic heterocycles. The summed E-state index contributed by atoms with van der Waals surface area (Å²) < 4.78 is 13.0. The Morgan fingerprint density at radius 2 is 1.87 bits per heavy atom. The minimum Gasteiger partial charge on any atom is -0.389 e. The number of anilines is 1. The van der Waals surface area contributed by atoms with Gasteiger partial charge in [0, 0.05) is 24.3 Å². The van der Waals surface area contributed by atoms with Crippen LogP contribution in [0, 0.1) is 5.82 Å². The lowest BCUT2D eigenvalue weighted by Gasteiger charge is -2.27. The van der Waals surface area contributed by atoms with Crippen LogP contribution in [0.4, 0.5) is 10.1 Å². The molecule has 0 amide bonds. The minimum atomic E-state index is -0.656. The van der Waals surface area contributed by atoms with Gasteiger partial charge in [-0.3, -0.25) is 0 Å². The van der Waals surface area contributed by atoms with Crippen LogP contribution in [0.25, 0.3) is 0 Å². The molecule has 0 saturated heterocycles. The zero-order valence-electron chi connectivity index (χ0n) is 9.66. The molecular weight excluding hydrogens is 193 g/mol. The highest BCUT2D eigenvalue weighted by Crippen LogP contribution is 2.27. The van der Waals surface area contributed by atoms with Gasteiger partial charge in [0.1, 0.15) is 5.82 Å². The van der Waals surface area contributed by atoms with Crippen molar-refractivity contribution in [2.24, 2.45) is 0 Å². The summed E-state index contributed by atoms with van der Waals surface area (Å²) >= 11 is 0. The number of hydrogen-bond donors (Lipinski definition) is 1. The van der Waals surface area contributed by atoms with Crippen LogP contribution >= 0.6 is 0 Å². The highest BCUT2D eigenvalue weighted by molar-refractivity contribution is 5.54. The molecule has 1 N–H and O–H groups in total. The van der Waals surface area contributed by atoms with Gasteiger partial charge >= 0.3 is 0 Å². The van der Waals surface area contributed by atoms with Crippen molar-refractivity contribution in [2.75, 3.05) is 11.9 Å². The number of rotatable bonds is 3. The molecule has 0 aliphatic carbocycles. The van der Waals surface area contributed by atoms with Crippen molar-refractivity contribution in [3.05, 3.63) is 29.6 Å². The van der Waals surface area contributed by atoms with Gasteiger partial charge in [-0.15, -0.1) is 0 Å². The fourth-order valence-corrected chi connectivity index (χ4v) is 1.46. The van der Waals surface area contributed by atoms with E-state index in [1.807, 2.05) is 11.9 Å². The van der Waals surface area contributed by atoms with Crippen LogP contribution < -0.4 is 4.90 Å². The monoisotopic (exact) mass is 211 g/mol. The van der Waals surface area contributed by atoms with E-state index in [0.717, 1.165) is 5.69 Å².